The maximum Gasteiger partial charge on any atom is 0.304 e. The van der Waals surface area contributed by atoms with Gasteiger partial charge in [-0.2, -0.15) is 0 Å². The molecule has 0 aromatic carbocycles. The quantitative estimate of drug-likeness (QED) is 0.806. The van der Waals surface area contributed by atoms with Crippen molar-refractivity contribution in [2.75, 3.05) is 19.6 Å². The van der Waals surface area contributed by atoms with E-state index in [1.165, 1.54) is 0 Å². The highest BCUT2D eigenvalue weighted by atomic mass is 16.4. The Labute approximate surface area is 120 Å². The van der Waals surface area contributed by atoms with Gasteiger partial charge < -0.3 is 10.0 Å². The molecule has 1 unspecified atom stereocenters. The third-order valence-corrected chi connectivity index (χ3v) is 4.23. The van der Waals surface area contributed by atoms with Crippen LogP contribution in [0, 0.1) is 0 Å². The van der Waals surface area contributed by atoms with Crippen LogP contribution in [0.4, 0.5) is 0 Å². The number of carbonyl (C=O) groups is 2. The van der Waals surface area contributed by atoms with Crippen LogP contribution >= 0.6 is 0 Å². The molecule has 1 heterocycles. The minimum absolute atomic E-state index is 0.0210. The first kappa shape index (κ1) is 15.0. The second kappa shape index (κ2) is 6.88. The van der Waals surface area contributed by atoms with Crippen LogP contribution in [0.2, 0.25) is 0 Å². The van der Waals surface area contributed by atoms with Gasteiger partial charge in [0.15, 0.2) is 0 Å². The van der Waals surface area contributed by atoms with Gasteiger partial charge in [-0.3, -0.25) is 14.5 Å². The number of hydrogen-bond acceptors (Lipinski definition) is 3. The van der Waals surface area contributed by atoms with Crippen molar-refractivity contribution in [2.45, 2.75) is 51.5 Å². The van der Waals surface area contributed by atoms with Crippen LogP contribution in [0.1, 0.15) is 45.4 Å². The zero-order valence-corrected chi connectivity index (χ0v) is 12.2. The van der Waals surface area contributed by atoms with Gasteiger partial charge in [0.2, 0.25) is 5.91 Å². The van der Waals surface area contributed by atoms with E-state index >= 15 is 0 Å². The number of aliphatic carboxylic acids is 1. The van der Waals surface area contributed by atoms with E-state index in [0.717, 1.165) is 44.3 Å². The number of amides is 1. The summed E-state index contributed by atoms with van der Waals surface area (Å²) in [7, 11) is 0. The predicted molar refractivity (Wildman–Crippen MR) is 76.2 cm³/mol. The van der Waals surface area contributed by atoms with E-state index in [1.54, 1.807) is 0 Å². The van der Waals surface area contributed by atoms with Gasteiger partial charge in [0.25, 0.3) is 0 Å². The van der Waals surface area contributed by atoms with Gasteiger partial charge in [0.1, 0.15) is 0 Å². The second-order valence-corrected chi connectivity index (χ2v) is 5.59. The van der Waals surface area contributed by atoms with Crippen molar-refractivity contribution in [1.29, 1.82) is 0 Å². The van der Waals surface area contributed by atoms with E-state index in [-0.39, 0.29) is 18.4 Å². The predicted octanol–water partition coefficient (Wildman–Crippen LogP) is 1.84. The molecule has 0 spiro atoms. The molecule has 0 bridgehead atoms. The van der Waals surface area contributed by atoms with Gasteiger partial charge in [0, 0.05) is 18.3 Å². The highest BCUT2D eigenvalue weighted by molar-refractivity contribution is 5.80. The summed E-state index contributed by atoms with van der Waals surface area (Å²) in [5, 5.41) is 8.92. The number of hydrogen-bond donors (Lipinski definition) is 1. The molecule has 1 N–H and O–H groups in total. The van der Waals surface area contributed by atoms with E-state index in [9.17, 15) is 9.59 Å². The Bertz CT molecular complexity index is 406. The molecular formula is C15H24N2O3. The van der Waals surface area contributed by atoms with Gasteiger partial charge >= 0.3 is 5.97 Å². The van der Waals surface area contributed by atoms with Crippen molar-refractivity contribution in [3.8, 4) is 0 Å². The summed E-state index contributed by atoms with van der Waals surface area (Å²) in [6.45, 7) is 3.88. The van der Waals surface area contributed by atoms with Crippen molar-refractivity contribution >= 4 is 11.9 Å². The fraction of sp³-hybridized carbons (Fsp3) is 0.733. The first-order valence-electron chi connectivity index (χ1n) is 7.57. The molecule has 112 valence electrons. The molecule has 5 nitrogen and oxygen atoms in total. The number of carbonyl (C=O) groups excluding carboxylic acids is 1. The molecular weight excluding hydrogens is 256 g/mol. The maximum absolute atomic E-state index is 12.4. The van der Waals surface area contributed by atoms with Crippen molar-refractivity contribution < 1.29 is 14.7 Å². The van der Waals surface area contributed by atoms with Crippen LogP contribution in [0.25, 0.3) is 0 Å². The maximum atomic E-state index is 12.4. The van der Waals surface area contributed by atoms with Crippen molar-refractivity contribution in [3.63, 3.8) is 0 Å². The van der Waals surface area contributed by atoms with Crippen molar-refractivity contribution in [1.82, 2.24) is 9.80 Å². The SMILES string of the molecule is CCN(C(=O)CN1CCCC1CC(=O)O)C1=CCCC1. The third kappa shape index (κ3) is 3.60. The van der Waals surface area contributed by atoms with E-state index < -0.39 is 5.97 Å². The highest BCUT2D eigenvalue weighted by Crippen LogP contribution is 2.23. The summed E-state index contributed by atoms with van der Waals surface area (Å²) < 4.78 is 0. The minimum atomic E-state index is -0.778. The molecule has 1 aliphatic carbocycles. The first-order chi connectivity index (χ1) is 9.61. The number of rotatable bonds is 6. The molecule has 0 aromatic rings. The summed E-state index contributed by atoms with van der Waals surface area (Å²) in [4.78, 5) is 27.2. The van der Waals surface area contributed by atoms with E-state index in [2.05, 4.69) is 6.08 Å². The lowest BCUT2D eigenvalue weighted by Crippen LogP contribution is -2.42. The largest absolute Gasteiger partial charge is 0.481 e. The van der Waals surface area contributed by atoms with Crippen LogP contribution < -0.4 is 0 Å². The van der Waals surface area contributed by atoms with Gasteiger partial charge in [-0.15, -0.1) is 0 Å². The Balaban J connectivity index is 1.93. The standard InChI is InChI=1S/C15H24N2O3/c1-2-17(12-6-3-4-7-12)14(18)11-16-9-5-8-13(16)10-15(19)20/h6,13H,2-5,7-11H2,1H3,(H,19,20). The number of carboxylic acids is 1. The fourth-order valence-corrected chi connectivity index (χ4v) is 3.23. The van der Waals surface area contributed by atoms with Gasteiger partial charge in [0.05, 0.1) is 13.0 Å². The molecule has 2 aliphatic rings. The van der Waals surface area contributed by atoms with E-state index in [0.29, 0.717) is 13.1 Å². The molecule has 0 saturated carbocycles. The molecule has 1 aliphatic heterocycles. The third-order valence-electron chi connectivity index (χ3n) is 4.23. The molecule has 0 radical (unpaired) electrons. The van der Waals surface area contributed by atoms with Crippen LogP contribution in [0.5, 0.6) is 0 Å². The Hall–Kier alpha value is -1.36. The first-order valence-corrected chi connectivity index (χ1v) is 7.57. The number of nitrogens with zero attached hydrogens (tertiary/aromatic N) is 2. The van der Waals surface area contributed by atoms with Gasteiger partial charge in [-0.1, -0.05) is 6.08 Å². The Morgan fingerprint density at radius 1 is 1.45 bits per heavy atom. The lowest BCUT2D eigenvalue weighted by molar-refractivity contribution is -0.139. The van der Waals surface area contributed by atoms with Crippen LogP contribution in [0.15, 0.2) is 11.8 Å². The molecule has 1 fully saturated rings. The zero-order valence-electron chi connectivity index (χ0n) is 12.2. The van der Waals surface area contributed by atoms with Crippen LogP contribution in [-0.4, -0.2) is 52.5 Å². The molecule has 5 heteroatoms. The molecule has 20 heavy (non-hydrogen) atoms. The monoisotopic (exact) mass is 280 g/mol. The van der Waals surface area contributed by atoms with Gasteiger partial charge in [-0.05, 0) is 45.6 Å². The average Bonchev–Trinajstić information content (AvgIpc) is 3.03. The Morgan fingerprint density at radius 2 is 2.25 bits per heavy atom. The smallest absolute Gasteiger partial charge is 0.304 e. The number of allylic oxidation sites excluding steroid dienone is 2. The zero-order chi connectivity index (χ0) is 14.5. The number of likely N-dealkylation sites (N-methyl/N-ethyl adjacent to an activating group) is 1. The summed E-state index contributed by atoms with van der Waals surface area (Å²) >= 11 is 0. The molecule has 1 saturated heterocycles. The Morgan fingerprint density at radius 3 is 2.85 bits per heavy atom. The van der Waals surface area contributed by atoms with E-state index in [4.69, 9.17) is 5.11 Å². The lowest BCUT2D eigenvalue weighted by atomic mass is 10.1. The molecule has 2 rings (SSSR count). The molecule has 1 atom stereocenters. The molecule has 1 amide bonds. The fourth-order valence-electron chi connectivity index (χ4n) is 3.23. The Kier molecular flexibility index (Phi) is 5.17. The van der Waals surface area contributed by atoms with Crippen LogP contribution in [-0.2, 0) is 9.59 Å². The second-order valence-electron chi connectivity index (χ2n) is 5.59. The summed E-state index contributed by atoms with van der Waals surface area (Å²) in [6, 6.07) is 0.0210. The van der Waals surface area contributed by atoms with Crippen molar-refractivity contribution in [3.05, 3.63) is 11.8 Å². The highest BCUT2D eigenvalue weighted by Gasteiger charge is 2.30. The van der Waals surface area contributed by atoms with Gasteiger partial charge in [-0.25, -0.2) is 0 Å². The van der Waals surface area contributed by atoms with Crippen molar-refractivity contribution in [2.24, 2.45) is 0 Å². The lowest BCUT2D eigenvalue weighted by Gasteiger charge is -2.28. The average molecular weight is 280 g/mol. The summed E-state index contributed by atoms with van der Waals surface area (Å²) in [6.07, 6.45) is 7.34. The normalized spacial score (nSPS) is 22.9. The molecule has 0 aromatic heterocycles. The topological polar surface area (TPSA) is 60.9 Å². The number of carboxylic acid groups (broad SMARTS) is 1. The summed E-state index contributed by atoms with van der Waals surface area (Å²) in [5.74, 6) is -0.668. The summed E-state index contributed by atoms with van der Waals surface area (Å²) in [5.41, 5.74) is 1.14. The number of likely N-dealkylation sites (tertiary alicyclic amines) is 1. The van der Waals surface area contributed by atoms with Crippen LogP contribution in [0.3, 0.4) is 0 Å². The minimum Gasteiger partial charge on any atom is -0.481 e. The van der Waals surface area contributed by atoms with E-state index in [1.807, 2.05) is 16.7 Å².